The first-order valence-electron chi connectivity index (χ1n) is 4.73. The summed E-state index contributed by atoms with van der Waals surface area (Å²) >= 11 is 0. The van der Waals surface area contributed by atoms with Crippen molar-refractivity contribution in [1.29, 1.82) is 0 Å². The molecular weight excluding hydrogens is 192 g/mol. The molecule has 0 heterocycles. The van der Waals surface area contributed by atoms with E-state index in [4.69, 9.17) is 5.11 Å². The third kappa shape index (κ3) is 2.07. The van der Waals surface area contributed by atoms with Crippen molar-refractivity contribution in [2.75, 3.05) is 0 Å². The summed E-state index contributed by atoms with van der Waals surface area (Å²) in [6.07, 6.45) is 0.280. The average Bonchev–Trinajstić information content (AvgIpc) is 2.28. The van der Waals surface area contributed by atoms with E-state index in [9.17, 15) is 9.90 Å². The number of carbonyl (C=O) groups is 1. The molecule has 3 heteroatoms. The lowest BCUT2D eigenvalue weighted by Gasteiger charge is -2.27. The maximum atomic E-state index is 10.8. The van der Waals surface area contributed by atoms with Crippen LogP contribution in [0.2, 0.25) is 0 Å². The third-order valence-electron chi connectivity index (χ3n) is 2.52. The molecule has 0 bridgehead atoms. The second-order valence-electron chi connectivity index (χ2n) is 3.36. The SMILES string of the molecule is C=C(C(=O)O)C(O)(CC)c1ccccc1. The molecule has 1 rings (SSSR count). The molecule has 1 atom stereocenters. The van der Waals surface area contributed by atoms with Gasteiger partial charge in [-0.25, -0.2) is 4.79 Å². The second kappa shape index (κ2) is 4.28. The Kier molecular flexibility index (Phi) is 3.27. The highest BCUT2D eigenvalue weighted by molar-refractivity contribution is 5.88. The Morgan fingerprint density at radius 1 is 1.40 bits per heavy atom. The number of hydrogen-bond donors (Lipinski definition) is 2. The van der Waals surface area contributed by atoms with Gasteiger partial charge in [0.15, 0.2) is 0 Å². The van der Waals surface area contributed by atoms with E-state index in [1.165, 1.54) is 0 Å². The first-order chi connectivity index (χ1) is 7.02. The fourth-order valence-corrected chi connectivity index (χ4v) is 1.48. The number of carboxylic acids is 1. The van der Waals surface area contributed by atoms with Crippen LogP contribution < -0.4 is 0 Å². The van der Waals surface area contributed by atoms with Crippen molar-refractivity contribution in [3.05, 3.63) is 48.0 Å². The predicted molar refractivity (Wildman–Crippen MR) is 57.4 cm³/mol. The summed E-state index contributed by atoms with van der Waals surface area (Å²) in [5.74, 6) is -1.18. The van der Waals surface area contributed by atoms with E-state index < -0.39 is 11.6 Å². The maximum absolute atomic E-state index is 10.8. The van der Waals surface area contributed by atoms with Gasteiger partial charge in [0.1, 0.15) is 5.60 Å². The van der Waals surface area contributed by atoms with Crippen LogP contribution in [0.3, 0.4) is 0 Å². The van der Waals surface area contributed by atoms with E-state index in [-0.39, 0.29) is 12.0 Å². The van der Waals surface area contributed by atoms with Gasteiger partial charge in [0.25, 0.3) is 0 Å². The van der Waals surface area contributed by atoms with E-state index >= 15 is 0 Å². The second-order valence-corrected chi connectivity index (χ2v) is 3.36. The number of aliphatic carboxylic acids is 1. The molecule has 0 radical (unpaired) electrons. The Bertz CT molecular complexity index is 370. The van der Waals surface area contributed by atoms with Crippen LogP contribution in [0.25, 0.3) is 0 Å². The highest BCUT2D eigenvalue weighted by atomic mass is 16.4. The first-order valence-corrected chi connectivity index (χ1v) is 4.73. The Balaban J connectivity index is 3.17. The van der Waals surface area contributed by atoms with Crippen molar-refractivity contribution in [2.45, 2.75) is 18.9 Å². The summed E-state index contributed by atoms with van der Waals surface area (Å²) in [6, 6.07) is 8.70. The maximum Gasteiger partial charge on any atom is 0.334 e. The van der Waals surface area contributed by atoms with E-state index in [1.807, 2.05) is 6.07 Å². The van der Waals surface area contributed by atoms with Crippen LogP contribution in [0.5, 0.6) is 0 Å². The molecule has 2 N–H and O–H groups in total. The highest BCUT2D eigenvalue weighted by Crippen LogP contribution is 2.31. The molecule has 0 aliphatic rings. The lowest BCUT2D eigenvalue weighted by Crippen LogP contribution is -2.30. The summed E-state index contributed by atoms with van der Waals surface area (Å²) in [6.45, 7) is 5.15. The molecule has 0 fully saturated rings. The predicted octanol–water partition coefficient (Wildman–Crippen LogP) is 1.92. The van der Waals surface area contributed by atoms with Gasteiger partial charge in [0.05, 0.1) is 5.57 Å². The summed E-state index contributed by atoms with van der Waals surface area (Å²) in [5, 5.41) is 19.1. The molecule has 1 unspecified atom stereocenters. The van der Waals surface area contributed by atoms with Crippen LogP contribution in [0.4, 0.5) is 0 Å². The quantitative estimate of drug-likeness (QED) is 0.740. The summed E-state index contributed by atoms with van der Waals surface area (Å²) in [4.78, 5) is 10.8. The topological polar surface area (TPSA) is 57.5 Å². The van der Waals surface area contributed by atoms with Gasteiger partial charge in [-0.05, 0) is 12.0 Å². The minimum atomic E-state index is -1.48. The number of hydrogen-bond acceptors (Lipinski definition) is 2. The van der Waals surface area contributed by atoms with Gasteiger partial charge in [-0.3, -0.25) is 0 Å². The molecule has 0 aromatic heterocycles. The zero-order chi connectivity index (χ0) is 11.5. The summed E-state index contributed by atoms with van der Waals surface area (Å²) < 4.78 is 0. The van der Waals surface area contributed by atoms with Crippen molar-refractivity contribution in [3.8, 4) is 0 Å². The minimum absolute atomic E-state index is 0.198. The first kappa shape index (κ1) is 11.5. The van der Waals surface area contributed by atoms with Crippen LogP contribution in [0.1, 0.15) is 18.9 Å². The Hall–Kier alpha value is -1.61. The number of rotatable bonds is 4. The van der Waals surface area contributed by atoms with Gasteiger partial charge in [-0.1, -0.05) is 43.8 Å². The van der Waals surface area contributed by atoms with Crippen molar-refractivity contribution in [3.63, 3.8) is 0 Å². The average molecular weight is 206 g/mol. The van der Waals surface area contributed by atoms with Crippen LogP contribution >= 0.6 is 0 Å². The monoisotopic (exact) mass is 206 g/mol. The molecule has 3 nitrogen and oxygen atoms in total. The van der Waals surface area contributed by atoms with Crippen molar-refractivity contribution in [2.24, 2.45) is 0 Å². The lowest BCUT2D eigenvalue weighted by molar-refractivity contribution is -0.135. The fraction of sp³-hybridized carbons (Fsp3) is 0.250. The third-order valence-corrected chi connectivity index (χ3v) is 2.52. The van der Waals surface area contributed by atoms with Crippen LogP contribution in [-0.2, 0) is 10.4 Å². The van der Waals surface area contributed by atoms with Crippen molar-refractivity contribution >= 4 is 5.97 Å². The molecular formula is C12H14O3. The van der Waals surface area contributed by atoms with Crippen molar-refractivity contribution < 1.29 is 15.0 Å². The van der Waals surface area contributed by atoms with Gasteiger partial charge in [0, 0.05) is 0 Å². The standard InChI is InChI=1S/C12H14O3/c1-3-12(15,9(2)11(13)14)10-7-5-4-6-8-10/h4-8,15H,2-3H2,1H3,(H,13,14). The molecule has 15 heavy (non-hydrogen) atoms. The summed E-state index contributed by atoms with van der Waals surface area (Å²) in [5.41, 5.74) is -1.12. The largest absolute Gasteiger partial charge is 0.478 e. The molecule has 1 aromatic carbocycles. The van der Waals surface area contributed by atoms with Crippen LogP contribution in [-0.4, -0.2) is 16.2 Å². The molecule has 0 amide bonds. The van der Waals surface area contributed by atoms with Gasteiger partial charge in [-0.2, -0.15) is 0 Å². The van der Waals surface area contributed by atoms with Crippen molar-refractivity contribution in [1.82, 2.24) is 0 Å². The molecule has 0 aliphatic carbocycles. The Morgan fingerprint density at radius 2 is 1.93 bits per heavy atom. The normalized spacial score (nSPS) is 14.3. The van der Waals surface area contributed by atoms with Gasteiger partial charge in [0.2, 0.25) is 0 Å². The number of aliphatic hydroxyl groups is 1. The van der Waals surface area contributed by atoms with Gasteiger partial charge < -0.3 is 10.2 Å². The lowest BCUT2D eigenvalue weighted by atomic mass is 9.84. The Morgan fingerprint density at radius 3 is 2.33 bits per heavy atom. The highest BCUT2D eigenvalue weighted by Gasteiger charge is 2.34. The number of benzene rings is 1. The smallest absolute Gasteiger partial charge is 0.334 e. The van der Waals surface area contributed by atoms with Crippen LogP contribution in [0.15, 0.2) is 42.5 Å². The van der Waals surface area contributed by atoms with E-state index in [1.54, 1.807) is 31.2 Å². The molecule has 80 valence electrons. The van der Waals surface area contributed by atoms with Gasteiger partial charge in [-0.15, -0.1) is 0 Å². The van der Waals surface area contributed by atoms with E-state index in [0.717, 1.165) is 0 Å². The Labute approximate surface area is 88.7 Å². The molecule has 0 spiro atoms. The molecule has 0 saturated carbocycles. The molecule has 0 aliphatic heterocycles. The zero-order valence-corrected chi connectivity index (χ0v) is 8.60. The van der Waals surface area contributed by atoms with Gasteiger partial charge >= 0.3 is 5.97 Å². The fourth-order valence-electron chi connectivity index (χ4n) is 1.48. The summed E-state index contributed by atoms with van der Waals surface area (Å²) in [7, 11) is 0. The zero-order valence-electron chi connectivity index (χ0n) is 8.60. The number of carboxylic acid groups (broad SMARTS) is 1. The van der Waals surface area contributed by atoms with Crippen LogP contribution in [0, 0.1) is 0 Å². The molecule has 1 aromatic rings. The molecule has 0 saturated heterocycles. The van der Waals surface area contributed by atoms with E-state index in [2.05, 4.69) is 6.58 Å². The van der Waals surface area contributed by atoms with E-state index in [0.29, 0.717) is 5.56 Å². The minimum Gasteiger partial charge on any atom is -0.478 e.